The Morgan fingerprint density at radius 1 is 1.15 bits per heavy atom. The van der Waals surface area contributed by atoms with E-state index in [4.69, 9.17) is 17.3 Å². The van der Waals surface area contributed by atoms with E-state index in [1.807, 2.05) is 42.7 Å². The van der Waals surface area contributed by atoms with Crippen LogP contribution in [-0.2, 0) is 6.42 Å². The standard InChI is InChI=1S/C19H18ClN5S/c20-15-4-1-12(2-5-15)7-16(21)10-22-19-23-11-18(26-19)13-3-6-17-14(8-13)9-24-25-17/h1-6,8-9,11,16H,7,10,21H2,(H,22,23)(H,24,25). The monoisotopic (exact) mass is 383 g/mol. The van der Waals surface area contributed by atoms with Gasteiger partial charge in [0.1, 0.15) is 0 Å². The van der Waals surface area contributed by atoms with E-state index in [-0.39, 0.29) is 6.04 Å². The predicted octanol–water partition coefficient (Wildman–Crippen LogP) is 4.32. The number of aromatic amines is 1. The van der Waals surface area contributed by atoms with Crippen molar-refractivity contribution in [3.63, 3.8) is 0 Å². The van der Waals surface area contributed by atoms with E-state index in [0.29, 0.717) is 6.54 Å². The average molecular weight is 384 g/mol. The van der Waals surface area contributed by atoms with Crippen molar-refractivity contribution in [1.29, 1.82) is 0 Å². The summed E-state index contributed by atoms with van der Waals surface area (Å²) in [4.78, 5) is 5.57. The molecule has 2 aromatic heterocycles. The van der Waals surface area contributed by atoms with E-state index in [1.54, 1.807) is 11.3 Å². The Kier molecular flexibility index (Phi) is 4.88. The molecule has 0 aliphatic heterocycles. The van der Waals surface area contributed by atoms with E-state index < -0.39 is 0 Å². The molecule has 0 aliphatic rings. The van der Waals surface area contributed by atoms with Crippen molar-refractivity contribution in [3.8, 4) is 10.4 Å². The number of fused-ring (bicyclic) bond motifs is 1. The quantitative estimate of drug-likeness (QED) is 0.463. The van der Waals surface area contributed by atoms with Crippen LogP contribution in [-0.4, -0.2) is 27.8 Å². The van der Waals surface area contributed by atoms with E-state index in [1.165, 1.54) is 5.56 Å². The highest BCUT2D eigenvalue weighted by atomic mass is 35.5. The summed E-state index contributed by atoms with van der Waals surface area (Å²) in [5.74, 6) is 0. The fraction of sp³-hybridized carbons (Fsp3) is 0.158. The van der Waals surface area contributed by atoms with Gasteiger partial charge < -0.3 is 11.1 Å². The fourth-order valence-corrected chi connectivity index (χ4v) is 3.74. The minimum Gasteiger partial charge on any atom is -0.360 e. The van der Waals surface area contributed by atoms with Gasteiger partial charge in [-0.25, -0.2) is 4.98 Å². The lowest BCUT2D eigenvalue weighted by Gasteiger charge is -2.12. The minimum atomic E-state index is 0.00538. The molecule has 2 heterocycles. The lowest BCUT2D eigenvalue weighted by molar-refractivity contribution is 0.699. The molecule has 26 heavy (non-hydrogen) atoms. The summed E-state index contributed by atoms with van der Waals surface area (Å²) in [5.41, 5.74) is 9.57. The molecule has 0 bridgehead atoms. The number of rotatable bonds is 6. The summed E-state index contributed by atoms with van der Waals surface area (Å²) < 4.78 is 0. The molecule has 2 aromatic carbocycles. The third-order valence-electron chi connectivity index (χ3n) is 4.16. The Morgan fingerprint density at radius 2 is 2.00 bits per heavy atom. The van der Waals surface area contributed by atoms with Crippen molar-refractivity contribution in [1.82, 2.24) is 15.2 Å². The molecule has 0 fully saturated rings. The van der Waals surface area contributed by atoms with E-state index in [9.17, 15) is 0 Å². The Labute approximate surface area is 160 Å². The number of aromatic nitrogens is 3. The first-order valence-corrected chi connectivity index (χ1v) is 9.50. The summed E-state index contributed by atoms with van der Waals surface area (Å²) in [6.07, 6.45) is 4.51. The zero-order valence-electron chi connectivity index (χ0n) is 13.9. The van der Waals surface area contributed by atoms with Crippen LogP contribution in [0.1, 0.15) is 5.56 Å². The summed E-state index contributed by atoms with van der Waals surface area (Å²) in [6, 6.07) is 14.0. The second-order valence-corrected chi connectivity index (χ2v) is 7.64. The molecule has 0 amide bonds. The van der Waals surface area contributed by atoms with Crippen LogP contribution in [0.15, 0.2) is 54.9 Å². The molecule has 0 saturated heterocycles. The molecule has 0 radical (unpaired) electrons. The van der Waals surface area contributed by atoms with Crippen LogP contribution in [0.5, 0.6) is 0 Å². The molecule has 4 N–H and O–H groups in total. The van der Waals surface area contributed by atoms with E-state index in [2.05, 4.69) is 32.6 Å². The summed E-state index contributed by atoms with van der Waals surface area (Å²) in [5, 5.41) is 13.1. The zero-order chi connectivity index (χ0) is 17.9. The number of anilines is 1. The van der Waals surface area contributed by atoms with Crippen LogP contribution in [0.3, 0.4) is 0 Å². The number of H-pyrrole nitrogens is 1. The predicted molar refractivity (Wildman–Crippen MR) is 109 cm³/mol. The fourth-order valence-electron chi connectivity index (χ4n) is 2.80. The van der Waals surface area contributed by atoms with E-state index in [0.717, 1.165) is 37.9 Å². The highest BCUT2D eigenvalue weighted by Crippen LogP contribution is 2.30. The second kappa shape index (κ2) is 7.45. The molecule has 4 aromatic rings. The van der Waals surface area contributed by atoms with Crippen molar-refractivity contribution in [2.24, 2.45) is 5.73 Å². The maximum atomic E-state index is 6.23. The van der Waals surface area contributed by atoms with Gasteiger partial charge in [-0.05, 0) is 41.8 Å². The Hall–Kier alpha value is -2.41. The van der Waals surface area contributed by atoms with Crippen LogP contribution in [0.25, 0.3) is 21.3 Å². The van der Waals surface area contributed by atoms with Gasteiger partial charge in [-0.1, -0.05) is 41.1 Å². The maximum Gasteiger partial charge on any atom is 0.183 e. The van der Waals surface area contributed by atoms with Crippen molar-refractivity contribution in [2.75, 3.05) is 11.9 Å². The first kappa shape index (κ1) is 17.0. The van der Waals surface area contributed by atoms with Gasteiger partial charge in [-0.15, -0.1) is 0 Å². The van der Waals surface area contributed by atoms with Gasteiger partial charge in [0.05, 0.1) is 16.6 Å². The lowest BCUT2D eigenvalue weighted by Crippen LogP contribution is -2.31. The van der Waals surface area contributed by atoms with Gasteiger partial charge in [0, 0.05) is 29.2 Å². The number of hydrogen-bond acceptors (Lipinski definition) is 5. The number of benzene rings is 2. The topological polar surface area (TPSA) is 79.6 Å². The summed E-state index contributed by atoms with van der Waals surface area (Å²) in [7, 11) is 0. The maximum absolute atomic E-state index is 6.23. The Bertz CT molecular complexity index is 1010. The molecule has 0 saturated carbocycles. The van der Waals surface area contributed by atoms with Crippen molar-refractivity contribution in [3.05, 3.63) is 65.4 Å². The van der Waals surface area contributed by atoms with Crippen molar-refractivity contribution >= 4 is 39.0 Å². The van der Waals surface area contributed by atoms with Gasteiger partial charge in [0.15, 0.2) is 5.13 Å². The molecule has 7 heteroatoms. The molecule has 1 atom stereocenters. The number of nitrogens with one attached hydrogen (secondary N) is 2. The number of halogens is 1. The highest BCUT2D eigenvalue weighted by Gasteiger charge is 2.08. The summed E-state index contributed by atoms with van der Waals surface area (Å²) >= 11 is 7.53. The molecule has 0 aliphatic carbocycles. The molecular formula is C19H18ClN5S. The molecule has 4 rings (SSSR count). The number of thiazole rings is 1. The van der Waals surface area contributed by atoms with Crippen LogP contribution in [0.4, 0.5) is 5.13 Å². The normalized spacial score (nSPS) is 12.4. The Morgan fingerprint density at radius 3 is 2.85 bits per heavy atom. The zero-order valence-corrected chi connectivity index (χ0v) is 15.5. The smallest absolute Gasteiger partial charge is 0.183 e. The first-order valence-electron chi connectivity index (χ1n) is 8.30. The summed E-state index contributed by atoms with van der Waals surface area (Å²) in [6.45, 7) is 0.663. The first-order chi connectivity index (χ1) is 12.7. The molecule has 5 nitrogen and oxygen atoms in total. The van der Waals surface area contributed by atoms with Gasteiger partial charge in [0.2, 0.25) is 0 Å². The van der Waals surface area contributed by atoms with Gasteiger partial charge in [-0.2, -0.15) is 5.10 Å². The van der Waals surface area contributed by atoms with Crippen LogP contribution >= 0.6 is 22.9 Å². The van der Waals surface area contributed by atoms with Gasteiger partial charge in [-0.3, -0.25) is 5.10 Å². The Balaban J connectivity index is 1.37. The molecule has 0 spiro atoms. The highest BCUT2D eigenvalue weighted by molar-refractivity contribution is 7.18. The van der Waals surface area contributed by atoms with Crippen molar-refractivity contribution in [2.45, 2.75) is 12.5 Å². The number of nitrogens with zero attached hydrogens (tertiary/aromatic N) is 2. The third-order valence-corrected chi connectivity index (χ3v) is 5.41. The molecule has 132 valence electrons. The SMILES string of the molecule is NC(CNc1ncc(-c2ccc3[nH]ncc3c2)s1)Cc1ccc(Cl)cc1. The largest absolute Gasteiger partial charge is 0.360 e. The van der Waals surface area contributed by atoms with E-state index >= 15 is 0 Å². The number of hydrogen-bond donors (Lipinski definition) is 3. The average Bonchev–Trinajstić information content (AvgIpc) is 3.30. The van der Waals surface area contributed by atoms with Crippen molar-refractivity contribution < 1.29 is 0 Å². The second-order valence-electron chi connectivity index (χ2n) is 6.17. The number of nitrogens with two attached hydrogens (primary N) is 1. The minimum absolute atomic E-state index is 0.00538. The van der Waals surface area contributed by atoms with Crippen LogP contribution < -0.4 is 11.1 Å². The molecular weight excluding hydrogens is 366 g/mol. The lowest BCUT2D eigenvalue weighted by atomic mass is 10.1. The van der Waals surface area contributed by atoms with Crippen LogP contribution in [0.2, 0.25) is 5.02 Å². The molecule has 1 unspecified atom stereocenters. The van der Waals surface area contributed by atoms with Crippen LogP contribution in [0, 0.1) is 0 Å². The third kappa shape index (κ3) is 3.88. The van der Waals surface area contributed by atoms with Gasteiger partial charge in [0.25, 0.3) is 0 Å². The van der Waals surface area contributed by atoms with Gasteiger partial charge >= 0.3 is 0 Å².